The number of aryl methyl sites for hydroxylation is 1. The Labute approximate surface area is 293 Å². The predicted octanol–water partition coefficient (Wildman–Crippen LogP) is 6.56. The molecule has 1 saturated heterocycles. The molecular weight excluding hydrogens is 702 g/mol. The van der Waals surface area contributed by atoms with E-state index in [-0.39, 0.29) is 35.1 Å². The third-order valence-corrected chi connectivity index (χ3v) is 8.47. The van der Waals surface area contributed by atoms with Crippen molar-refractivity contribution in [2.45, 2.75) is 24.6 Å². The van der Waals surface area contributed by atoms with Crippen LogP contribution in [0.1, 0.15) is 22.3 Å². The lowest BCUT2D eigenvalue weighted by Gasteiger charge is -2.35. The summed E-state index contributed by atoms with van der Waals surface area (Å²) in [5.41, 5.74) is 9.31. The SMILES string of the molecule is C=C(F)C(=O)Nc1ccc(-c2c(-c3ccc(C(=O)NCC(F)(F)F)c(Cl)c3)c3c(N)ncc(C#CCO[C@H]4CCN(C)CC4(F)F)c3n2C)cc1. The minimum absolute atomic E-state index is 0.0723. The summed E-state index contributed by atoms with van der Waals surface area (Å²) in [5.74, 6) is -0.458. The Balaban J connectivity index is 1.60. The van der Waals surface area contributed by atoms with Crippen LogP contribution in [0, 0.1) is 11.8 Å². The molecular formula is C35H31ClF6N6O3. The van der Waals surface area contributed by atoms with Crippen molar-refractivity contribution in [3.63, 3.8) is 0 Å². The molecule has 0 spiro atoms. The van der Waals surface area contributed by atoms with Crippen molar-refractivity contribution < 1.29 is 40.7 Å². The van der Waals surface area contributed by atoms with Gasteiger partial charge in [-0.25, -0.2) is 18.2 Å². The van der Waals surface area contributed by atoms with Gasteiger partial charge in [-0.1, -0.05) is 48.2 Å². The zero-order chi connectivity index (χ0) is 37.2. The first-order valence-electron chi connectivity index (χ1n) is 15.3. The Morgan fingerprint density at radius 1 is 1.16 bits per heavy atom. The smallest absolute Gasteiger partial charge is 0.383 e. The number of alkyl halides is 5. The van der Waals surface area contributed by atoms with E-state index >= 15 is 0 Å². The molecule has 2 amide bonds. The largest absolute Gasteiger partial charge is 0.405 e. The van der Waals surface area contributed by atoms with Gasteiger partial charge in [0.15, 0.2) is 5.83 Å². The maximum Gasteiger partial charge on any atom is 0.405 e. The Hall–Kier alpha value is -5.04. The predicted molar refractivity (Wildman–Crippen MR) is 182 cm³/mol. The van der Waals surface area contributed by atoms with Crippen LogP contribution in [0.3, 0.4) is 0 Å². The van der Waals surface area contributed by atoms with Crippen molar-refractivity contribution in [1.29, 1.82) is 0 Å². The van der Waals surface area contributed by atoms with Crippen molar-refractivity contribution >= 4 is 45.8 Å². The van der Waals surface area contributed by atoms with E-state index < -0.39 is 48.9 Å². The van der Waals surface area contributed by atoms with Gasteiger partial charge < -0.3 is 30.6 Å². The van der Waals surface area contributed by atoms with Gasteiger partial charge in [-0.2, -0.15) is 13.2 Å². The number of aromatic nitrogens is 2. The molecule has 4 aromatic rings. The lowest BCUT2D eigenvalue weighted by molar-refractivity contribution is -0.164. The van der Waals surface area contributed by atoms with Crippen molar-refractivity contribution in [2.24, 2.45) is 7.05 Å². The maximum absolute atomic E-state index is 14.5. The number of carbonyl (C=O) groups is 2. The number of piperidine rings is 1. The van der Waals surface area contributed by atoms with Gasteiger partial charge >= 0.3 is 6.18 Å². The number of ether oxygens (including phenoxy) is 1. The number of likely N-dealkylation sites (tertiary alicyclic amines) is 1. The van der Waals surface area contributed by atoms with Crippen molar-refractivity contribution in [1.82, 2.24) is 19.8 Å². The number of hydrogen-bond donors (Lipinski definition) is 3. The first-order valence-corrected chi connectivity index (χ1v) is 15.7. The first kappa shape index (κ1) is 37.2. The number of halogens is 7. The Morgan fingerprint density at radius 3 is 2.47 bits per heavy atom. The number of anilines is 2. The van der Waals surface area contributed by atoms with Crippen molar-refractivity contribution in [2.75, 3.05) is 44.3 Å². The molecule has 1 fully saturated rings. The number of pyridine rings is 1. The first-order chi connectivity index (χ1) is 24.0. The van der Waals surface area contributed by atoms with E-state index in [2.05, 4.69) is 28.7 Å². The molecule has 1 aliphatic heterocycles. The highest BCUT2D eigenvalue weighted by atomic mass is 35.5. The molecule has 1 atom stereocenters. The third kappa shape index (κ3) is 8.30. The quantitative estimate of drug-likeness (QED) is 0.107. The molecule has 5 rings (SSSR count). The fourth-order valence-electron chi connectivity index (χ4n) is 5.83. The molecule has 1 aliphatic rings. The highest BCUT2D eigenvalue weighted by Crippen LogP contribution is 2.44. The molecule has 3 heterocycles. The van der Waals surface area contributed by atoms with Gasteiger partial charge in [0.25, 0.3) is 17.7 Å². The van der Waals surface area contributed by atoms with Crippen LogP contribution in [0.4, 0.5) is 37.8 Å². The summed E-state index contributed by atoms with van der Waals surface area (Å²) >= 11 is 6.46. The average molecular weight is 733 g/mol. The number of nitrogen functional groups attached to an aromatic ring is 1. The topological polar surface area (TPSA) is 115 Å². The third-order valence-electron chi connectivity index (χ3n) is 8.16. The summed E-state index contributed by atoms with van der Waals surface area (Å²) in [6, 6.07) is 10.5. The van der Waals surface area contributed by atoms with Gasteiger partial charge in [-0.15, -0.1) is 0 Å². The molecule has 9 nitrogen and oxygen atoms in total. The van der Waals surface area contributed by atoms with E-state index in [1.165, 1.54) is 41.4 Å². The number of hydrogen-bond acceptors (Lipinski definition) is 6. The van der Waals surface area contributed by atoms with Crippen molar-refractivity contribution in [3.05, 3.63) is 77.2 Å². The van der Waals surface area contributed by atoms with Crippen molar-refractivity contribution in [3.8, 4) is 34.2 Å². The molecule has 2 aromatic heterocycles. The second-order valence-corrected chi connectivity index (χ2v) is 12.3. The molecule has 0 saturated carbocycles. The van der Waals surface area contributed by atoms with E-state index in [0.29, 0.717) is 45.4 Å². The monoisotopic (exact) mass is 732 g/mol. The van der Waals surface area contributed by atoms with Crippen LogP contribution < -0.4 is 16.4 Å². The van der Waals surface area contributed by atoms with Gasteiger partial charge in [0.05, 0.1) is 39.3 Å². The lowest BCUT2D eigenvalue weighted by Crippen LogP contribution is -2.51. The molecule has 0 aliphatic carbocycles. The van der Waals surface area contributed by atoms with Crippen LogP contribution in [0.5, 0.6) is 0 Å². The van der Waals surface area contributed by atoms with Gasteiger partial charge in [-0.3, -0.25) is 9.59 Å². The number of nitrogens with zero attached hydrogens (tertiary/aromatic N) is 3. The molecule has 268 valence electrons. The fraction of sp³-hybridized carbons (Fsp3) is 0.286. The van der Waals surface area contributed by atoms with Gasteiger partial charge in [0.2, 0.25) is 0 Å². The fourth-order valence-corrected chi connectivity index (χ4v) is 6.09. The molecule has 0 bridgehead atoms. The zero-order valence-electron chi connectivity index (χ0n) is 27.2. The summed E-state index contributed by atoms with van der Waals surface area (Å²) in [5, 5.41) is 4.42. The Kier molecular flexibility index (Phi) is 10.7. The van der Waals surface area contributed by atoms with Crippen LogP contribution in [-0.4, -0.2) is 77.8 Å². The number of amides is 2. The van der Waals surface area contributed by atoms with Crippen LogP contribution in [0.15, 0.2) is 61.1 Å². The second kappa shape index (κ2) is 14.7. The van der Waals surface area contributed by atoms with Crippen LogP contribution in [-0.2, 0) is 16.6 Å². The van der Waals surface area contributed by atoms with Crippen LogP contribution in [0.25, 0.3) is 33.3 Å². The number of nitrogens with one attached hydrogen (secondary N) is 2. The highest BCUT2D eigenvalue weighted by molar-refractivity contribution is 6.34. The molecule has 0 radical (unpaired) electrons. The second-order valence-electron chi connectivity index (χ2n) is 11.9. The molecule has 0 unspecified atom stereocenters. The van der Waals surface area contributed by atoms with Crippen LogP contribution in [0.2, 0.25) is 5.02 Å². The summed E-state index contributed by atoms with van der Waals surface area (Å²) in [4.78, 5) is 30.2. The van der Waals surface area contributed by atoms with Gasteiger partial charge in [-0.05, 0) is 48.9 Å². The summed E-state index contributed by atoms with van der Waals surface area (Å²) < 4.78 is 87.7. The normalized spacial score (nSPS) is 16.0. The molecule has 2 aromatic carbocycles. The summed E-state index contributed by atoms with van der Waals surface area (Å²) in [6.45, 7) is 1.17. The summed E-state index contributed by atoms with van der Waals surface area (Å²) in [6.07, 6.45) is -4.36. The minimum atomic E-state index is -4.63. The van der Waals surface area contributed by atoms with Crippen LogP contribution >= 0.6 is 11.6 Å². The van der Waals surface area contributed by atoms with Gasteiger partial charge in [0.1, 0.15) is 25.1 Å². The van der Waals surface area contributed by atoms with E-state index in [1.807, 2.05) is 0 Å². The Bertz CT molecular complexity index is 2070. The maximum atomic E-state index is 14.5. The minimum Gasteiger partial charge on any atom is -0.383 e. The number of nitrogens with two attached hydrogens (primary N) is 1. The average Bonchev–Trinajstić information content (AvgIpc) is 3.37. The van der Waals surface area contributed by atoms with E-state index in [4.69, 9.17) is 22.1 Å². The number of carbonyl (C=O) groups excluding carboxylic acids is 2. The lowest BCUT2D eigenvalue weighted by atomic mass is 9.96. The number of rotatable bonds is 8. The Morgan fingerprint density at radius 2 is 1.84 bits per heavy atom. The molecule has 51 heavy (non-hydrogen) atoms. The molecule has 16 heteroatoms. The summed E-state index contributed by atoms with van der Waals surface area (Å²) in [7, 11) is 3.32. The van der Waals surface area contributed by atoms with E-state index in [1.54, 1.807) is 36.1 Å². The standard InChI is InChI=1S/C35H31ClF6N6O3/c1-19(37)32(49)46-23-9-6-20(7-10-23)29-27(21-8-11-24(25(36)15-21)33(50)45-17-35(40,41)42)28-30(48(29)3)22(16-44-31(28)43)5-4-14-51-26-12-13-47(2)18-34(26,38)39/h6-11,15-16,26H,1,12-14,17-18H2,2-3H3,(H2,43,44)(H,45,50)(H,46,49)/t26-/m0/s1. The number of benzene rings is 2. The van der Waals surface area contributed by atoms with E-state index in [0.717, 1.165) is 0 Å². The van der Waals surface area contributed by atoms with Gasteiger partial charge in [0, 0.05) is 31.0 Å². The highest BCUT2D eigenvalue weighted by Gasteiger charge is 2.44. The number of fused-ring (bicyclic) bond motifs is 1. The van der Waals surface area contributed by atoms with E-state index in [9.17, 15) is 35.9 Å². The molecule has 4 N–H and O–H groups in total. The zero-order valence-corrected chi connectivity index (χ0v) is 28.0.